The molecule has 3 heteroatoms. The summed E-state index contributed by atoms with van der Waals surface area (Å²) in [5.41, 5.74) is 1.16. The lowest BCUT2D eigenvalue weighted by atomic mass is 10.1. The van der Waals surface area contributed by atoms with Crippen molar-refractivity contribution in [2.45, 2.75) is 0 Å². The number of aldehydes is 1. The topological polar surface area (TPSA) is 50.2 Å². The van der Waals surface area contributed by atoms with E-state index in [1.807, 2.05) is 0 Å². The first-order valence-electron chi connectivity index (χ1n) is 3.84. The van der Waals surface area contributed by atoms with E-state index in [9.17, 15) is 4.79 Å². The second-order valence-electron chi connectivity index (χ2n) is 2.73. The van der Waals surface area contributed by atoms with Gasteiger partial charge in [-0.15, -0.1) is 0 Å². The Bertz CT molecular complexity index is 465. The van der Waals surface area contributed by atoms with Crippen molar-refractivity contribution in [2.24, 2.45) is 0 Å². The number of carbonyl (C=O) groups is 1. The minimum absolute atomic E-state index is 0.107. The third-order valence-electron chi connectivity index (χ3n) is 1.85. The number of benzene rings is 1. The van der Waals surface area contributed by atoms with Gasteiger partial charge < -0.3 is 5.11 Å². The third-order valence-corrected chi connectivity index (χ3v) is 1.85. The van der Waals surface area contributed by atoms with Gasteiger partial charge in [0.1, 0.15) is 5.75 Å². The molecule has 0 saturated carbocycles. The summed E-state index contributed by atoms with van der Waals surface area (Å²) in [5, 5.41) is 9.91. The van der Waals surface area contributed by atoms with Crippen molar-refractivity contribution in [1.82, 2.24) is 4.98 Å². The Morgan fingerprint density at radius 1 is 1.38 bits per heavy atom. The average Bonchev–Trinajstić information content (AvgIpc) is 2.16. The van der Waals surface area contributed by atoms with Crippen LogP contribution < -0.4 is 0 Å². The van der Waals surface area contributed by atoms with Crippen molar-refractivity contribution in [3.05, 3.63) is 36.0 Å². The summed E-state index contributed by atoms with van der Waals surface area (Å²) in [6, 6.07) is 6.83. The van der Waals surface area contributed by atoms with E-state index >= 15 is 0 Å². The van der Waals surface area contributed by atoms with Gasteiger partial charge in [0.25, 0.3) is 0 Å². The number of nitrogens with zero attached hydrogens (tertiary/aromatic N) is 1. The fraction of sp³-hybridized carbons (Fsp3) is 0. The van der Waals surface area contributed by atoms with Crippen LogP contribution in [0.4, 0.5) is 0 Å². The molecule has 0 atom stereocenters. The highest BCUT2D eigenvalue weighted by atomic mass is 16.3. The summed E-state index contributed by atoms with van der Waals surface area (Å²) in [4.78, 5) is 14.6. The second-order valence-corrected chi connectivity index (χ2v) is 2.73. The summed E-state index contributed by atoms with van der Waals surface area (Å²) < 4.78 is 0. The first-order valence-corrected chi connectivity index (χ1v) is 3.84. The predicted octanol–water partition coefficient (Wildman–Crippen LogP) is 1.75. The lowest BCUT2D eigenvalue weighted by Gasteiger charge is -1.99. The number of aromatic nitrogens is 1. The molecule has 0 spiro atoms. The first kappa shape index (κ1) is 7.73. The van der Waals surface area contributed by atoms with Gasteiger partial charge in [0.15, 0.2) is 6.29 Å². The molecule has 2 rings (SSSR count). The average molecular weight is 173 g/mol. The van der Waals surface area contributed by atoms with E-state index in [0.29, 0.717) is 11.1 Å². The van der Waals surface area contributed by atoms with Gasteiger partial charge >= 0.3 is 0 Å². The van der Waals surface area contributed by atoms with Crippen LogP contribution in [-0.2, 0) is 0 Å². The van der Waals surface area contributed by atoms with E-state index in [-0.39, 0.29) is 5.75 Å². The number of carbonyl (C=O) groups excluding carboxylic acids is 1. The fourth-order valence-electron chi connectivity index (χ4n) is 1.27. The zero-order valence-corrected chi connectivity index (χ0v) is 6.77. The molecule has 0 aliphatic rings. The van der Waals surface area contributed by atoms with Crippen LogP contribution in [0.5, 0.6) is 5.75 Å². The van der Waals surface area contributed by atoms with Crippen LogP contribution in [0, 0.1) is 0 Å². The molecule has 0 radical (unpaired) electrons. The number of pyridine rings is 1. The molecular weight excluding hydrogens is 166 g/mol. The minimum Gasteiger partial charge on any atom is -0.506 e. The molecule has 0 aliphatic carbocycles. The Morgan fingerprint density at radius 3 is 3.00 bits per heavy atom. The lowest BCUT2D eigenvalue weighted by Crippen LogP contribution is -1.85. The van der Waals surface area contributed by atoms with Gasteiger partial charge in [-0.3, -0.25) is 9.78 Å². The zero-order valence-electron chi connectivity index (χ0n) is 6.77. The van der Waals surface area contributed by atoms with Gasteiger partial charge in [-0.2, -0.15) is 0 Å². The summed E-state index contributed by atoms with van der Waals surface area (Å²) in [7, 11) is 0. The van der Waals surface area contributed by atoms with E-state index in [1.165, 1.54) is 6.20 Å². The first-order chi connectivity index (χ1) is 6.31. The molecule has 0 unspecified atom stereocenters. The van der Waals surface area contributed by atoms with E-state index in [4.69, 9.17) is 5.11 Å². The van der Waals surface area contributed by atoms with Crippen LogP contribution in [0.25, 0.3) is 10.9 Å². The SMILES string of the molecule is O=Cc1cccc2cc(O)cnc12. The normalized spacial score (nSPS) is 10.2. The number of hydrogen-bond acceptors (Lipinski definition) is 3. The number of hydrogen-bond donors (Lipinski definition) is 1. The van der Waals surface area contributed by atoms with Gasteiger partial charge in [0.2, 0.25) is 0 Å². The molecule has 13 heavy (non-hydrogen) atoms. The number of aromatic hydroxyl groups is 1. The minimum atomic E-state index is 0.107. The Labute approximate surface area is 74.7 Å². The van der Waals surface area contributed by atoms with E-state index in [2.05, 4.69) is 4.98 Å². The number of fused-ring (bicyclic) bond motifs is 1. The molecule has 0 bridgehead atoms. The molecule has 0 fully saturated rings. The maximum Gasteiger partial charge on any atom is 0.152 e. The molecule has 1 N–H and O–H groups in total. The molecule has 0 aliphatic heterocycles. The highest BCUT2D eigenvalue weighted by Gasteiger charge is 2.00. The van der Waals surface area contributed by atoms with Crippen LogP contribution in [-0.4, -0.2) is 16.4 Å². The van der Waals surface area contributed by atoms with Crippen molar-refractivity contribution in [3.63, 3.8) is 0 Å². The summed E-state index contributed by atoms with van der Waals surface area (Å²) >= 11 is 0. The van der Waals surface area contributed by atoms with Crippen molar-refractivity contribution in [2.75, 3.05) is 0 Å². The Balaban J connectivity index is 2.84. The molecule has 1 aromatic carbocycles. The maximum absolute atomic E-state index is 10.6. The molecule has 1 aromatic heterocycles. The smallest absolute Gasteiger partial charge is 0.152 e. The van der Waals surface area contributed by atoms with Crippen LogP contribution >= 0.6 is 0 Å². The quantitative estimate of drug-likeness (QED) is 0.668. The summed E-state index contributed by atoms with van der Waals surface area (Å²) in [6.45, 7) is 0. The van der Waals surface area contributed by atoms with Crippen molar-refractivity contribution in [1.29, 1.82) is 0 Å². The molecule has 64 valence electrons. The molecule has 0 saturated heterocycles. The molecule has 1 heterocycles. The van der Waals surface area contributed by atoms with Gasteiger partial charge in [-0.1, -0.05) is 12.1 Å². The second kappa shape index (κ2) is 2.86. The standard InChI is InChI=1S/C10H7NO2/c12-6-8-3-1-2-7-4-9(13)5-11-10(7)8/h1-6,13H. The number of para-hydroxylation sites is 1. The van der Waals surface area contributed by atoms with Crippen LogP contribution in [0.1, 0.15) is 10.4 Å². The van der Waals surface area contributed by atoms with Crippen LogP contribution in [0.3, 0.4) is 0 Å². The van der Waals surface area contributed by atoms with Crippen molar-refractivity contribution in [3.8, 4) is 5.75 Å². The van der Waals surface area contributed by atoms with Crippen LogP contribution in [0.15, 0.2) is 30.5 Å². The molecule has 3 nitrogen and oxygen atoms in total. The zero-order chi connectivity index (χ0) is 9.26. The predicted molar refractivity (Wildman–Crippen MR) is 48.8 cm³/mol. The lowest BCUT2D eigenvalue weighted by molar-refractivity contribution is 0.112. The largest absolute Gasteiger partial charge is 0.506 e. The maximum atomic E-state index is 10.6. The third kappa shape index (κ3) is 1.24. The Morgan fingerprint density at radius 2 is 2.23 bits per heavy atom. The van der Waals surface area contributed by atoms with Crippen LogP contribution in [0.2, 0.25) is 0 Å². The Kier molecular flexibility index (Phi) is 1.70. The van der Waals surface area contributed by atoms with E-state index < -0.39 is 0 Å². The Hall–Kier alpha value is -1.90. The van der Waals surface area contributed by atoms with Crippen molar-refractivity contribution >= 4 is 17.2 Å². The van der Waals surface area contributed by atoms with Gasteiger partial charge in [-0.05, 0) is 12.1 Å². The highest BCUT2D eigenvalue weighted by Crippen LogP contribution is 2.18. The van der Waals surface area contributed by atoms with Gasteiger partial charge in [0, 0.05) is 10.9 Å². The number of rotatable bonds is 1. The summed E-state index contributed by atoms with van der Waals surface area (Å²) in [5.74, 6) is 0.107. The van der Waals surface area contributed by atoms with E-state index in [1.54, 1.807) is 24.3 Å². The molecule has 2 aromatic rings. The van der Waals surface area contributed by atoms with E-state index in [0.717, 1.165) is 11.7 Å². The highest BCUT2D eigenvalue weighted by molar-refractivity contribution is 5.95. The molecule has 0 amide bonds. The summed E-state index contributed by atoms with van der Waals surface area (Å²) in [6.07, 6.45) is 2.09. The monoisotopic (exact) mass is 173 g/mol. The molecular formula is C10H7NO2. The van der Waals surface area contributed by atoms with Gasteiger partial charge in [0.05, 0.1) is 11.7 Å². The fourth-order valence-corrected chi connectivity index (χ4v) is 1.27. The van der Waals surface area contributed by atoms with Gasteiger partial charge in [-0.25, -0.2) is 0 Å². The van der Waals surface area contributed by atoms with Crippen molar-refractivity contribution < 1.29 is 9.90 Å².